The third kappa shape index (κ3) is 7.34. The lowest BCUT2D eigenvalue weighted by molar-refractivity contribution is -0.136. The van der Waals surface area contributed by atoms with Crippen LogP contribution in [0.3, 0.4) is 0 Å². The normalized spacial score (nSPS) is 10.1. The molecule has 0 aromatic carbocycles. The largest absolute Gasteiger partial charge is 0.481 e. The van der Waals surface area contributed by atoms with Crippen molar-refractivity contribution in [1.82, 2.24) is 10.3 Å². The summed E-state index contributed by atoms with van der Waals surface area (Å²) >= 11 is 0. The zero-order valence-corrected chi connectivity index (χ0v) is 5.93. The van der Waals surface area contributed by atoms with Crippen LogP contribution in [-0.2, 0) is 15.7 Å². The van der Waals surface area contributed by atoms with Gasteiger partial charge in [0.1, 0.15) is 0 Å². The van der Waals surface area contributed by atoms with Gasteiger partial charge in [-0.25, -0.2) is 13.8 Å². The Balaban J connectivity index is 3.13. The summed E-state index contributed by atoms with van der Waals surface area (Å²) in [4.78, 5) is 11.7. The van der Waals surface area contributed by atoms with Gasteiger partial charge in [-0.15, -0.1) is 0 Å². The van der Waals surface area contributed by atoms with Gasteiger partial charge < -0.3 is 5.11 Å². The van der Waals surface area contributed by atoms with Crippen LogP contribution >= 0.6 is 0 Å². The molecule has 0 amide bonds. The maximum Gasteiger partial charge on any atom is 0.304 e. The van der Waals surface area contributed by atoms with Crippen LogP contribution in [0.15, 0.2) is 0 Å². The fourth-order valence-electron chi connectivity index (χ4n) is 0.290. The molecule has 3 N–H and O–H groups in total. The number of carbonyl (C=O) groups is 1. The monoisotopic (exact) mass is 168 g/mol. The molecule has 0 saturated carbocycles. The Morgan fingerprint density at radius 2 is 2.10 bits per heavy atom. The third-order valence-corrected chi connectivity index (χ3v) is 0.975. The van der Waals surface area contributed by atoms with Crippen molar-refractivity contribution in [3.63, 3.8) is 0 Å². The smallest absolute Gasteiger partial charge is 0.304 e. The summed E-state index contributed by atoms with van der Waals surface area (Å²) in [5.41, 5.74) is 2.19. The molecule has 6 nitrogen and oxygen atoms in total. The molecule has 0 aromatic rings. The SMILES string of the molecule is O=C(O)CCNN[SH](=O)=O. The minimum Gasteiger partial charge on any atom is -0.481 e. The Hall–Kier alpha value is -0.660. The van der Waals surface area contributed by atoms with Gasteiger partial charge in [-0.2, -0.15) is 4.83 Å². The van der Waals surface area contributed by atoms with Crippen LogP contribution in [0.1, 0.15) is 6.42 Å². The second-order valence-corrected chi connectivity index (χ2v) is 2.18. The minimum absolute atomic E-state index is 0.0820. The van der Waals surface area contributed by atoms with Crippen LogP contribution in [-0.4, -0.2) is 26.0 Å². The van der Waals surface area contributed by atoms with Crippen LogP contribution in [0.5, 0.6) is 0 Å². The summed E-state index contributed by atoms with van der Waals surface area (Å²) in [7, 11) is -2.69. The zero-order chi connectivity index (χ0) is 7.98. The molecule has 0 spiro atoms. The van der Waals surface area contributed by atoms with Crippen LogP contribution in [0, 0.1) is 0 Å². The van der Waals surface area contributed by atoms with Crippen molar-refractivity contribution >= 4 is 16.9 Å². The second-order valence-electron chi connectivity index (χ2n) is 1.44. The van der Waals surface area contributed by atoms with E-state index < -0.39 is 16.9 Å². The Labute approximate surface area is 59.3 Å². The molecule has 0 fully saturated rings. The number of nitrogens with one attached hydrogen (secondary N) is 2. The van der Waals surface area contributed by atoms with Gasteiger partial charge in [0.2, 0.25) is 10.9 Å². The van der Waals surface area contributed by atoms with Crippen molar-refractivity contribution in [2.75, 3.05) is 6.54 Å². The van der Waals surface area contributed by atoms with E-state index in [1.165, 1.54) is 0 Å². The van der Waals surface area contributed by atoms with E-state index in [9.17, 15) is 13.2 Å². The van der Waals surface area contributed by atoms with Gasteiger partial charge in [0.05, 0.1) is 6.42 Å². The number of aliphatic carboxylic acids is 1. The van der Waals surface area contributed by atoms with Crippen LogP contribution in [0.4, 0.5) is 0 Å². The summed E-state index contributed by atoms with van der Waals surface area (Å²) in [5.74, 6) is -0.976. The van der Waals surface area contributed by atoms with E-state index in [0.717, 1.165) is 0 Å². The lowest BCUT2D eigenvalue weighted by Crippen LogP contribution is -2.31. The highest BCUT2D eigenvalue weighted by molar-refractivity contribution is 7.70. The molecule has 0 aliphatic rings. The second kappa shape index (κ2) is 5.15. The summed E-state index contributed by atoms with van der Waals surface area (Å²) in [6.07, 6.45) is -0.115. The van der Waals surface area contributed by atoms with Crippen LogP contribution < -0.4 is 10.3 Å². The van der Waals surface area contributed by atoms with E-state index in [1.807, 2.05) is 4.83 Å². The molecule has 0 bridgehead atoms. The van der Waals surface area contributed by atoms with Gasteiger partial charge in [0, 0.05) is 6.54 Å². The Morgan fingerprint density at radius 3 is 2.50 bits per heavy atom. The first-order valence-corrected chi connectivity index (χ1v) is 3.65. The van der Waals surface area contributed by atoms with E-state index in [0.29, 0.717) is 0 Å². The number of thiol groups is 1. The van der Waals surface area contributed by atoms with Gasteiger partial charge >= 0.3 is 5.97 Å². The highest BCUT2D eigenvalue weighted by atomic mass is 32.2. The highest BCUT2D eigenvalue weighted by Crippen LogP contribution is 1.71. The van der Waals surface area contributed by atoms with Crippen molar-refractivity contribution < 1.29 is 18.3 Å². The molecule has 0 rings (SSSR count). The molecule has 0 saturated heterocycles. The minimum atomic E-state index is -2.69. The van der Waals surface area contributed by atoms with Crippen molar-refractivity contribution in [2.24, 2.45) is 0 Å². The standard InChI is InChI=1S/C3H8N2O4S/c6-3(7)1-2-4-5-10(8)9/h4,10H,1-2H2,(H,6,7)(H,5,8,9). The van der Waals surface area contributed by atoms with Gasteiger partial charge in [-0.05, 0) is 0 Å². The molecule has 0 atom stereocenters. The predicted molar refractivity (Wildman–Crippen MR) is 33.7 cm³/mol. The first-order chi connectivity index (χ1) is 4.63. The molecule has 0 aromatic heterocycles. The average molecular weight is 168 g/mol. The zero-order valence-electron chi connectivity index (χ0n) is 5.03. The number of carboxylic acids is 1. The van der Waals surface area contributed by atoms with Crippen LogP contribution in [0.25, 0.3) is 0 Å². The Morgan fingerprint density at radius 1 is 1.50 bits per heavy atom. The number of hydrogen-bond acceptors (Lipinski definition) is 4. The Kier molecular flexibility index (Phi) is 4.81. The maximum atomic E-state index is 9.83. The number of rotatable bonds is 5. The van der Waals surface area contributed by atoms with Crippen molar-refractivity contribution in [3.05, 3.63) is 0 Å². The summed E-state index contributed by atoms with van der Waals surface area (Å²) in [6, 6.07) is 0. The van der Waals surface area contributed by atoms with E-state index >= 15 is 0 Å². The topological polar surface area (TPSA) is 95.5 Å². The molecule has 0 aliphatic carbocycles. The summed E-state index contributed by atoms with van der Waals surface area (Å²) in [5, 5.41) is 8.06. The highest BCUT2D eigenvalue weighted by Gasteiger charge is 1.93. The molecule has 60 valence electrons. The van der Waals surface area contributed by atoms with Crippen molar-refractivity contribution in [1.29, 1.82) is 0 Å². The lowest BCUT2D eigenvalue weighted by Gasteiger charge is -1.95. The molecular formula is C3H8N2O4S. The molecular weight excluding hydrogens is 160 g/mol. The molecule has 0 aliphatic heterocycles. The van der Waals surface area contributed by atoms with E-state index in [2.05, 4.69) is 5.43 Å². The van der Waals surface area contributed by atoms with E-state index in [-0.39, 0.29) is 13.0 Å². The fraction of sp³-hybridized carbons (Fsp3) is 0.667. The quantitative estimate of drug-likeness (QED) is 0.218. The molecule has 0 unspecified atom stereocenters. The molecule has 0 heterocycles. The molecule has 0 radical (unpaired) electrons. The van der Waals surface area contributed by atoms with E-state index in [1.54, 1.807) is 0 Å². The number of hydrazine groups is 1. The van der Waals surface area contributed by atoms with Gasteiger partial charge in [-0.3, -0.25) is 4.79 Å². The molecule has 7 heteroatoms. The van der Waals surface area contributed by atoms with Gasteiger partial charge in [0.15, 0.2) is 0 Å². The number of hydrogen-bond donors (Lipinski definition) is 4. The lowest BCUT2D eigenvalue weighted by atomic mass is 10.4. The Bertz CT molecular complexity index is 169. The third-order valence-electron chi connectivity index (χ3n) is 0.634. The van der Waals surface area contributed by atoms with Gasteiger partial charge in [0.25, 0.3) is 0 Å². The van der Waals surface area contributed by atoms with Crippen LogP contribution in [0.2, 0.25) is 0 Å². The molecule has 10 heavy (non-hydrogen) atoms. The van der Waals surface area contributed by atoms with Gasteiger partial charge in [-0.1, -0.05) is 0 Å². The first kappa shape index (κ1) is 9.34. The fourth-order valence-corrected chi connectivity index (χ4v) is 0.531. The summed E-state index contributed by atoms with van der Waals surface area (Å²) < 4.78 is 19.5. The first-order valence-electron chi connectivity index (χ1n) is 2.47. The average Bonchev–Trinajstić information content (AvgIpc) is 1.79. The van der Waals surface area contributed by atoms with Crippen molar-refractivity contribution in [2.45, 2.75) is 6.42 Å². The summed E-state index contributed by atoms with van der Waals surface area (Å²) in [6.45, 7) is 0.0820. The maximum absolute atomic E-state index is 9.83. The van der Waals surface area contributed by atoms with Crippen molar-refractivity contribution in [3.8, 4) is 0 Å². The van der Waals surface area contributed by atoms with E-state index in [4.69, 9.17) is 5.11 Å². The predicted octanol–water partition coefficient (Wildman–Crippen LogP) is -1.92. The number of carboxylic acid groups (broad SMARTS) is 1.